The van der Waals surface area contributed by atoms with Crippen LogP contribution >= 0.6 is 0 Å². The van der Waals surface area contributed by atoms with E-state index in [9.17, 15) is 32.3 Å². The molecule has 0 aromatic carbocycles. The van der Waals surface area contributed by atoms with Gasteiger partial charge in [-0.05, 0) is 48.7 Å². The number of fused-ring (bicyclic) bond motifs is 1. The number of halogens is 4. The first-order chi connectivity index (χ1) is 19.5. The Labute approximate surface area is 231 Å². The minimum atomic E-state index is -2.77. The van der Waals surface area contributed by atoms with Crippen molar-refractivity contribution in [1.29, 1.82) is 0 Å². The van der Waals surface area contributed by atoms with E-state index in [2.05, 4.69) is 31.0 Å². The molecule has 6 rings (SSSR count). The molecule has 2 amide bonds. The van der Waals surface area contributed by atoms with Crippen LogP contribution in [0.4, 0.5) is 17.6 Å². The summed E-state index contributed by atoms with van der Waals surface area (Å²) >= 11 is 0. The van der Waals surface area contributed by atoms with Crippen LogP contribution in [0, 0.1) is 11.8 Å². The summed E-state index contributed by atoms with van der Waals surface area (Å²) in [6.45, 7) is 0. The molecule has 3 aromatic rings. The third kappa shape index (κ3) is 6.04. The molecule has 0 spiro atoms. The summed E-state index contributed by atoms with van der Waals surface area (Å²) in [4.78, 5) is 30.0. The van der Waals surface area contributed by atoms with Crippen LogP contribution in [0.2, 0.25) is 0 Å². The molecule has 3 aromatic heterocycles. The van der Waals surface area contributed by atoms with Gasteiger partial charge in [-0.25, -0.2) is 31.7 Å². The predicted molar refractivity (Wildman–Crippen MR) is 132 cm³/mol. The first-order valence-electron chi connectivity index (χ1n) is 13.7. The van der Waals surface area contributed by atoms with Gasteiger partial charge in [0.05, 0.1) is 24.1 Å². The van der Waals surface area contributed by atoms with E-state index in [0.717, 1.165) is 12.8 Å². The maximum Gasteiger partial charge on any atom is 0.276 e. The van der Waals surface area contributed by atoms with Gasteiger partial charge in [0.2, 0.25) is 17.8 Å². The zero-order valence-corrected chi connectivity index (χ0v) is 21.9. The Morgan fingerprint density at radius 2 is 1.80 bits per heavy atom. The standard InChI is InChI=1S/C26H29F4N7O4/c27-25(28)5-3-15(4-6-25)20(34-24(40)22-21(14-1-2-14)35-41-36-22)17-12-37-18(32-17)8-16(11-31-37)23(39)33-19(38)7-13-9-26(29,30)10-13/h8,11-15,20,23,39H,1-7,9-10H2,(H,33,38)(H,34,40)/t20-,23+/m0/s1. The minimum Gasteiger partial charge on any atom is -0.369 e. The lowest BCUT2D eigenvalue weighted by Crippen LogP contribution is -2.39. The molecule has 11 nitrogen and oxygen atoms in total. The number of carbonyl (C=O) groups is 2. The van der Waals surface area contributed by atoms with Crippen molar-refractivity contribution in [2.24, 2.45) is 11.8 Å². The molecule has 0 bridgehead atoms. The smallest absolute Gasteiger partial charge is 0.276 e. The summed E-state index contributed by atoms with van der Waals surface area (Å²) in [5, 5.41) is 27.7. The largest absolute Gasteiger partial charge is 0.369 e. The van der Waals surface area contributed by atoms with Crippen molar-refractivity contribution in [3.63, 3.8) is 0 Å². The van der Waals surface area contributed by atoms with E-state index in [1.165, 1.54) is 16.8 Å². The molecule has 0 saturated heterocycles. The molecule has 3 N–H and O–H groups in total. The fraction of sp³-hybridized carbons (Fsp3) is 0.615. The van der Waals surface area contributed by atoms with Gasteiger partial charge in [-0.15, -0.1) is 0 Å². The number of aliphatic hydroxyl groups is 1. The van der Waals surface area contributed by atoms with Crippen LogP contribution in [0.3, 0.4) is 0 Å². The van der Waals surface area contributed by atoms with Crippen LogP contribution in [0.15, 0.2) is 23.1 Å². The summed E-state index contributed by atoms with van der Waals surface area (Å²) in [5.41, 5.74) is 1.41. The Morgan fingerprint density at radius 1 is 1.07 bits per heavy atom. The van der Waals surface area contributed by atoms with Crippen molar-refractivity contribution in [1.82, 2.24) is 35.5 Å². The van der Waals surface area contributed by atoms with Crippen LogP contribution < -0.4 is 10.6 Å². The zero-order valence-electron chi connectivity index (χ0n) is 21.9. The molecule has 3 aliphatic carbocycles. The van der Waals surface area contributed by atoms with Gasteiger partial charge in [0.1, 0.15) is 5.69 Å². The summed E-state index contributed by atoms with van der Waals surface area (Å²) < 4.78 is 60.2. The number of aromatic nitrogens is 5. The van der Waals surface area contributed by atoms with Gasteiger partial charge >= 0.3 is 0 Å². The third-order valence-corrected chi connectivity index (χ3v) is 8.15. The van der Waals surface area contributed by atoms with E-state index in [0.29, 0.717) is 11.4 Å². The molecule has 220 valence electrons. The van der Waals surface area contributed by atoms with Gasteiger partial charge in [0.25, 0.3) is 5.91 Å². The van der Waals surface area contributed by atoms with Gasteiger partial charge in [-0.2, -0.15) is 5.10 Å². The Bertz CT molecular complexity index is 1440. The van der Waals surface area contributed by atoms with Gasteiger partial charge in [-0.1, -0.05) is 5.16 Å². The first-order valence-corrected chi connectivity index (χ1v) is 13.7. The van der Waals surface area contributed by atoms with Crippen LogP contribution in [0.1, 0.15) is 103 Å². The molecule has 3 fully saturated rings. The van der Waals surface area contributed by atoms with Crippen LogP contribution in [-0.2, 0) is 4.79 Å². The Kier molecular flexibility index (Phi) is 6.94. The number of hydrogen-bond acceptors (Lipinski definition) is 8. The normalized spacial score (nSPS) is 22.2. The summed E-state index contributed by atoms with van der Waals surface area (Å²) in [6, 6.07) is 0.748. The van der Waals surface area contributed by atoms with E-state index >= 15 is 0 Å². The van der Waals surface area contributed by atoms with Crippen molar-refractivity contribution >= 4 is 17.5 Å². The number of nitrogens with one attached hydrogen (secondary N) is 2. The molecule has 0 unspecified atom stereocenters. The maximum absolute atomic E-state index is 13.9. The Hall–Kier alpha value is -3.62. The van der Waals surface area contributed by atoms with E-state index in [1.54, 1.807) is 6.20 Å². The second kappa shape index (κ2) is 10.3. The van der Waals surface area contributed by atoms with Gasteiger partial charge in [0.15, 0.2) is 17.6 Å². The maximum atomic E-state index is 13.9. The molecule has 0 aliphatic heterocycles. The summed E-state index contributed by atoms with van der Waals surface area (Å²) in [6.07, 6.45) is 2.05. The van der Waals surface area contributed by atoms with Crippen LogP contribution in [-0.4, -0.2) is 53.7 Å². The average Bonchev–Trinajstić information content (AvgIpc) is 3.45. The lowest BCUT2D eigenvalue weighted by atomic mass is 9.79. The molecule has 2 atom stereocenters. The van der Waals surface area contributed by atoms with E-state index in [4.69, 9.17) is 4.63 Å². The molecule has 3 heterocycles. The molecule has 15 heteroatoms. The third-order valence-electron chi connectivity index (χ3n) is 8.15. The average molecular weight is 580 g/mol. The van der Waals surface area contributed by atoms with Crippen molar-refractivity contribution in [3.05, 3.63) is 41.1 Å². The van der Waals surface area contributed by atoms with Crippen molar-refractivity contribution in [2.45, 2.75) is 87.8 Å². The highest BCUT2D eigenvalue weighted by molar-refractivity contribution is 5.93. The Morgan fingerprint density at radius 3 is 2.49 bits per heavy atom. The van der Waals surface area contributed by atoms with E-state index in [-0.39, 0.29) is 73.7 Å². The highest BCUT2D eigenvalue weighted by Crippen LogP contribution is 2.44. The highest BCUT2D eigenvalue weighted by atomic mass is 19.3. The van der Waals surface area contributed by atoms with Gasteiger partial charge < -0.3 is 15.7 Å². The van der Waals surface area contributed by atoms with Gasteiger partial charge in [-0.3, -0.25) is 9.59 Å². The topological polar surface area (TPSA) is 148 Å². The van der Waals surface area contributed by atoms with Crippen molar-refractivity contribution in [2.75, 3.05) is 0 Å². The molecule has 3 aliphatic rings. The highest BCUT2D eigenvalue weighted by Gasteiger charge is 2.46. The fourth-order valence-corrected chi connectivity index (χ4v) is 5.71. The molecular formula is C26H29F4N7O4. The minimum absolute atomic E-state index is 0.0623. The van der Waals surface area contributed by atoms with Crippen LogP contribution in [0.5, 0.6) is 0 Å². The van der Waals surface area contributed by atoms with E-state index < -0.39 is 41.8 Å². The number of aliphatic hydroxyl groups excluding tert-OH is 1. The number of imidazole rings is 1. The number of amides is 2. The fourth-order valence-electron chi connectivity index (χ4n) is 5.71. The zero-order chi connectivity index (χ0) is 28.9. The monoisotopic (exact) mass is 579 g/mol. The Balaban J connectivity index is 1.20. The first kappa shape index (κ1) is 27.5. The number of alkyl halides is 4. The number of nitrogens with zero attached hydrogens (tertiary/aromatic N) is 5. The molecule has 0 radical (unpaired) electrons. The lowest BCUT2D eigenvalue weighted by molar-refractivity contribution is -0.136. The SMILES string of the molecule is O=C(CC1CC(F)(F)C1)N[C@H](O)c1cnn2cc([C@@H](NC(=O)c3nonc3C3CC3)C3CCC(F)(F)CC3)nc2c1. The summed E-state index contributed by atoms with van der Waals surface area (Å²) in [7, 11) is 0. The molecule has 41 heavy (non-hydrogen) atoms. The number of rotatable bonds is 9. The van der Waals surface area contributed by atoms with E-state index in [1.807, 2.05) is 0 Å². The number of hydrogen-bond donors (Lipinski definition) is 3. The second-order valence-corrected chi connectivity index (χ2v) is 11.5. The van der Waals surface area contributed by atoms with Crippen LogP contribution in [0.25, 0.3) is 5.65 Å². The summed E-state index contributed by atoms with van der Waals surface area (Å²) in [5.74, 6) is -7.28. The molecule has 3 saturated carbocycles. The molecular weight excluding hydrogens is 550 g/mol. The second-order valence-electron chi connectivity index (χ2n) is 11.5. The van der Waals surface area contributed by atoms with Gasteiger partial charge in [0, 0.05) is 43.6 Å². The van der Waals surface area contributed by atoms with Crippen molar-refractivity contribution < 1.29 is 36.9 Å². The quantitative estimate of drug-likeness (QED) is 0.256. The lowest BCUT2D eigenvalue weighted by Gasteiger charge is -2.34. The van der Waals surface area contributed by atoms with Crippen molar-refractivity contribution in [3.8, 4) is 0 Å². The predicted octanol–water partition coefficient (Wildman–Crippen LogP) is 3.83. The number of carbonyl (C=O) groups excluding carboxylic acids is 2.